The second-order valence-electron chi connectivity index (χ2n) is 6.65. The Bertz CT molecular complexity index is 792. The molecule has 6 heteroatoms. The van der Waals surface area contributed by atoms with Crippen LogP contribution in [0.4, 0.5) is 18.9 Å². The Kier molecular flexibility index (Phi) is 3.18. The number of nitrogens with one attached hydrogen (secondary N) is 2. The maximum atomic E-state index is 13.2. The third kappa shape index (κ3) is 2.94. The number of hydrogen-bond acceptors (Lipinski definition) is 2. The van der Waals surface area contributed by atoms with Gasteiger partial charge in [-0.1, -0.05) is 0 Å². The monoisotopic (exact) mass is 322 g/mol. The van der Waals surface area contributed by atoms with E-state index in [9.17, 15) is 18.0 Å². The van der Waals surface area contributed by atoms with Crippen molar-refractivity contribution < 1.29 is 13.2 Å². The molecule has 2 aliphatic rings. The Morgan fingerprint density at radius 3 is 2.30 bits per heavy atom. The first-order chi connectivity index (χ1) is 10.9. The highest BCUT2D eigenvalue weighted by molar-refractivity contribution is 5.86. The van der Waals surface area contributed by atoms with Crippen molar-refractivity contribution in [3.8, 4) is 0 Å². The summed E-state index contributed by atoms with van der Waals surface area (Å²) in [5.74, 6) is 1.30. The quantitative estimate of drug-likeness (QED) is 0.888. The van der Waals surface area contributed by atoms with Gasteiger partial charge in [-0.05, 0) is 55.7 Å². The van der Waals surface area contributed by atoms with E-state index in [-0.39, 0.29) is 10.9 Å². The summed E-state index contributed by atoms with van der Waals surface area (Å²) in [4.78, 5) is 13.9. The molecule has 0 bridgehead atoms. The number of hydrogen-bond donors (Lipinski definition) is 2. The average molecular weight is 322 g/mol. The minimum Gasteiger partial charge on any atom is -0.382 e. The first-order valence-corrected chi connectivity index (χ1v) is 7.92. The van der Waals surface area contributed by atoms with E-state index in [1.165, 1.54) is 31.7 Å². The van der Waals surface area contributed by atoms with Crippen LogP contribution in [-0.4, -0.2) is 11.0 Å². The molecule has 3 nitrogen and oxygen atoms in total. The summed E-state index contributed by atoms with van der Waals surface area (Å²) in [6.07, 6.45) is 0.245. The van der Waals surface area contributed by atoms with E-state index in [4.69, 9.17) is 0 Å². The van der Waals surface area contributed by atoms with Crippen LogP contribution in [0.25, 0.3) is 10.9 Å². The van der Waals surface area contributed by atoms with Gasteiger partial charge in [0.05, 0.1) is 5.56 Å². The van der Waals surface area contributed by atoms with Gasteiger partial charge in [-0.2, -0.15) is 13.2 Å². The molecule has 4 rings (SSSR count). The fourth-order valence-electron chi connectivity index (χ4n) is 3.30. The van der Waals surface area contributed by atoms with Crippen LogP contribution in [0.2, 0.25) is 0 Å². The summed E-state index contributed by atoms with van der Waals surface area (Å²) >= 11 is 0. The van der Waals surface area contributed by atoms with Crippen molar-refractivity contribution in [2.24, 2.45) is 11.8 Å². The third-order valence-corrected chi connectivity index (χ3v) is 4.74. The molecule has 0 aliphatic heterocycles. The zero-order valence-corrected chi connectivity index (χ0v) is 12.4. The van der Waals surface area contributed by atoms with Crippen molar-refractivity contribution in [1.82, 2.24) is 4.98 Å². The maximum absolute atomic E-state index is 13.2. The third-order valence-electron chi connectivity index (χ3n) is 4.74. The highest BCUT2D eigenvalue weighted by Gasteiger charge is 2.41. The molecule has 1 aromatic carbocycles. The summed E-state index contributed by atoms with van der Waals surface area (Å²) in [5.41, 5.74) is -0.711. The minimum atomic E-state index is -4.54. The second-order valence-corrected chi connectivity index (χ2v) is 6.65. The van der Waals surface area contributed by atoms with Crippen molar-refractivity contribution in [2.45, 2.75) is 37.9 Å². The Labute approximate surface area is 130 Å². The van der Waals surface area contributed by atoms with Crippen LogP contribution in [0.15, 0.2) is 29.1 Å². The zero-order chi connectivity index (χ0) is 16.2. The predicted octanol–water partition coefficient (Wildman–Crippen LogP) is 4.15. The highest BCUT2D eigenvalue weighted by Crippen LogP contribution is 2.46. The molecule has 2 N–H and O–H groups in total. The van der Waals surface area contributed by atoms with E-state index in [1.807, 2.05) is 0 Å². The van der Waals surface area contributed by atoms with E-state index in [2.05, 4.69) is 10.3 Å². The second kappa shape index (κ2) is 5.01. The fourth-order valence-corrected chi connectivity index (χ4v) is 3.30. The molecule has 0 amide bonds. The summed E-state index contributed by atoms with van der Waals surface area (Å²) in [5, 5.41) is 3.46. The van der Waals surface area contributed by atoms with Crippen molar-refractivity contribution in [3.05, 3.63) is 40.2 Å². The van der Waals surface area contributed by atoms with Crippen LogP contribution in [0.1, 0.15) is 31.2 Å². The lowest BCUT2D eigenvalue weighted by Crippen LogP contribution is -2.24. The molecule has 0 unspecified atom stereocenters. The Hall–Kier alpha value is -1.98. The minimum absolute atomic E-state index is 0.0347. The SMILES string of the molecule is O=c1cc(C(F)(F)F)c2cc(NC(C3CC3)C3CC3)ccc2[nH]1. The molecule has 0 saturated heterocycles. The largest absolute Gasteiger partial charge is 0.417 e. The molecule has 2 aromatic rings. The first kappa shape index (κ1) is 14.6. The number of halogens is 3. The number of aromatic nitrogens is 1. The normalized spacial score (nSPS) is 18.6. The first-order valence-electron chi connectivity index (χ1n) is 7.92. The Morgan fingerprint density at radius 1 is 1.09 bits per heavy atom. The van der Waals surface area contributed by atoms with Crippen molar-refractivity contribution in [1.29, 1.82) is 0 Å². The van der Waals surface area contributed by atoms with Crippen LogP contribution in [-0.2, 0) is 6.18 Å². The Balaban J connectivity index is 1.74. The molecule has 23 heavy (non-hydrogen) atoms. The Morgan fingerprint density at radius 2 is 1.74 bits per heavy atom. The molecule has 122 valence electrons. The zero-order valence-electron chi connectivity index (χ0n) is 12.4. The van der Waals surface area contributed by atoms with Crippen LogP contribution in [0.5, 0.6) is 0 Å². The van der Waals surface area contributed by atoms with Gasteiger partial charge in [0.15, 0.2) is 0 Å². The summed E-state index contributed by atoms with van der Waals surface area (Å²) in [7, 11) is 0. The lowest BCUT2D eigenvalue weighted by Gasteiger charge is -2.20. The van der Waals surface area contributed by atoms with Crippen LogP contribution in [0, 0.1) is 11.8 Å². The maximum Gasteiger partial charge on any atom is 0.417 e. The van der Waals surface area contributed by atoms with Crippen LogP contribution in [0.3, 0.4) is 0 Å². The molecular formula is C17H17F3N2O. The van der Waals surface area contributed by atoms with Gasteiger partial charge in [0.1, 0.15) is 0 Å². The molecule has 2 aliphatic carbocycles. The van der Waals surface area contributed by atoms with Crippen LogP contribution < -0.4 is 10.9 Å². The van der Waals surface area contributed by atoms with E-state index in [1.54, 1.807) is 12.1 Å². The number of H-pyrrole nitrogens is 1. The molecule has 0 radical (unpaired) electrons. The van der Waals surface area contributed by atoms with Gasteiger partial charge in [0.2, 0.25) is 5.56 Å². The van der Waals surface area contributed by atoms with Gasteiger partial charge in [0.25, 0.3) is 0 Å². The highest BCUT2D eigenvalue weighted by atomic mass is 19.4. The summed E-state index contributed by atoms with van der Waals surface area (Å²) < 4.78 is 39.6. The molecule has 0 atom stereocenters. The van der Waals surface area contributed by atoms with Crippen molar-refractivity contribution >= 4 is 16.6 Å². The molecule has 1 aromatic heterocycles. The van der Waals surface area contributed by atoms with Gasteiger partial charge < -0.3 is 10.3 Å². The van der Waals surface area contributed by atoms with Gasteiger partial charge in [-0.25, -0.2) is 0 Å². The van der Waals surface area contributed by atoms with E-state index in [0.29, 0.717) is 29.6 Å². The number of pyridine rings is 1. The average Bonchev–Trinajstić information content (AvgIpc) is 3.36. The fraction of sp³-hybridized carbons (Fsp3) is 0.471. The van der Waals surface area contributed by atoms with Gasteiger partial charge >= 0.3 is 6.18 Å². The molecule has 0 spiro atoms. The number of rotatable bonds is 4. The van der Waals surface area contributed by atoms with Gasteiger partial charge in [0, 0.05) is 28.7 Å². The van der Waals surface area contributed by atoms with Crippen molar-refractivity contribution in [3.63, 3.8) is 0 Å². The number of alkyl halides is 3. The smallest absolute Gasteiger partial charge is 0.382 e. The van der Waals surface area contributed by atoms with Crippen LogP contribution >= 0.6 is 0 Å². The number of anilines is 1. The summed E-state index contributed by atoms with van der Waals surface area (Å²) in [6.45, 7) is 0. The molecule has 2 saturated carbocycles. The number of benzene rings is 1. The van der Waals surface area contributed by atoms with E-state index in [0.717, 1.165) is 0 Å². The lowest BCUT2D eigenvalue weighted by molar-refractivity contribution is -0.136. The standard InChI is InChI=1S/C17H17F3N2O/c18-17(19,20)13-8-15(23)22-14-6-5-11(7-12(13)14)21-16(9-1-2-9)10-3-4-10/h5-10,16,21H,1-4H2,(H,22,23). The molecule has 1 heterocycles. The predicted molar refractivity (Wildman–Crippen MR) is 82.4 cm³/mol. The van der Waals surface area contributed by atoms with Crippen molar-refractivity contribution in [2.75, 3.05) is 5.32 Å². The van der Waals surface area contributed by atoms with Gasteiger partial charge in [-0.3, -0.25) is 4.79 Å². The summed E-state index contributed by atoms with van der Waals surface area (Å²) in [6, 6.07) is 5.79. The lowest BCUT2D eigenvalue weighted by atomic mass is 10.0. The number of fused-ring (bicyclic) bond motifs is 1. The van der Waals surface area contributed by atoms with E-state index >= 15 is 0 Å². The molecular weight excluding hydrogens is 305 g/mol. The number of aromatic amines is 1. The molecule has 2 fully saturated rings. The van der Waals surface area contributed by atoms with E-state index < -0.39 is 17.3 Å². The van der Waals surface area contributed by atoms with Gasteiger partial charge in [-0.15, -0.1) is 0 Å². The topological polar surface area (TPSA) is 44.9 Å².